The van der Waals surface area contributed by atoms with E-state index in [9.17, 15) is 8.78 Å². The summed E-state index contributed by atoms with van der Waals surface area (Å²) >= 11 is 0. The summed E-state index contributed by atoms with van der Waals surface area (Å²) in [6.07, 6.45) is 1.64. The van der Waals surface area contributed by atoms with Crippen LogP contribution < -0.4 is 15.4 Å². The molecule has 0 amide bonds. The first kappa shape index (κ1) is 15.2. The average molecular weight is 293 g/mol. The Bertz CT molecular complexity index is 607. The van der Waals surface area contributed by atoms with Crippen LogP contribution in [-0.2, 0) is 0 Å². The third kappa shape index (κ3) is 3.66. The van der Waals surface area contributed by atoms with Crippen molar-refractivity contribution in [3.05, 3.63) is 48.2 Å². The summed E-state index contributed by atoms with van der Waals surface area (Å²) in [5.74, 6) is -0.707. The summed E-state index contributed by atoms with van der Waals surface area (Å²) in [6.45, 7) is 0.933. The lowest BCUT2D eigenvalue weighted by atomic mass is 10.2. The molecule has 1 aromatic heterocycles. The van der Waals surface area contributed by atoms with E-state index in [4.69, 9.17) is 10.5 Å². The Morgan fingerprint density at radius 3 is 2.76 bits per heavy atom. The van der Waals surface area contributed by atoms with Crippen LogP contribution in [0.1, 0.15) is 6.42 Å². The van der Waals surface area contributed by atoms with E-state index in [-0.39, 0.29) is 5.82 Å². The quantitative estimate of drug-likeness (QED) is 0.890. The maximum absolute atomic E-state index is 14.0. The lowest BCUT2D eigenvalue weighted by molar-refractivity contribution is 0.415. The second-order valence-electron chi connectivity index (χ2n) is 4.45. The zero-order valence-corrected chi connectivity index (χ0v) is 11.7. The van der Waals surface area contributed by atoms with Gasteiger partial charge >= 0.3 is 0 Å². The highest BCUT2D eigenvalue weighted by Gasteiger charge is 2.16. The van der Waals surface area contributed by atoms with Crippen LogP contribution in [0, 0.1) is 11.6 Å². The number of anilines is 2. The second kappa shape index (κ2) is 6.99. The SMILES string of the molecule is COc1cccc(N(CCCN)c2ncc(F)cc2F)c1. The molecule has 0 bridgehead atoms. The zero-order chi connectivity index (χ0) is 15.2. The normalized spacial score (nSPS) is 10.5. The number of rotatable bonds is 6. The molecule has 0 saturated heterocycles. The van der Waals surface area contributed by atoms with E-state index in [1.165, 1.54) is 0 Å². The summed E-state index contributed by atoms with van der Waals surface area (Å²) in [6, 6.07) is 7.98. The largest absolute Gasteiger partial charge is 0.497 e. The van der Waals surface area contributed by atoms with Gasteiger partial charge in [-0.1, -0.05) is 6.07 Å². The molecule has 0 aliphatic heterocycles. The third-order valence-electron chi connectivity index (χ3n) is 2.99. The predicted octanol–water partition coefficient (Wildman–Crippen LogP) is 2.86. The number of nitrogens with two attached hydrogens (primary N) is 1. The summed E-state index contributed by atoms with van der Waals surface area (Å²) in [5.41, 5.74) is 6.23. The first-order chi connectivity index (χ1) is 10.2. The second-order valence-corrected chi connectivity index (χ2v) is 4.45. The molecular weight excluding hydrogens is 276 g/mol. The molecule has 2 aromatic rings. The number of ether oxygens (including phenoxy) is 1. The van der Waals surface area contributed by atoms with Crippen LogP contribution >= 0.6 is 0 Å². The van der Waals surface area contributed by atoms with E-state index in [1.807, 2.05) is 6.07 Å². The molecule has 1 aromatic carbocycles. The molecule has 6 heteroatoms. The van der Waals surface area contributed by atoms with Crippen molar-refractivity contribution < 1.29 is 13.5 Å². The molecule has 112 valence electrons. The number of hydrogen-bond donors (Lipinski definition) is 1. The fourth-order valence-corrected chi connectivity index (χ4v) is 1.99. The van der Waals surface area contributed by atoms with E-state index < -0.39 is 11.6 Å². The molecule has 1 heterocycles. The molecule has 2 N–H and O–H groups in total. The predicted molar refractivity (Wildman–Crippen MR) is 77.8 cm³/mol. The Morgan fingerprint density at radius 2 is 2.10 bits per heavy atom. The lowest BCUT2D eigenvalue weighted by Gasteiger charge is -2.24. The Kier molecular flexibility index (Phi) is 5.05. The number of halogens is 2. The monoisotopic (exact) mass is 293 g/mol. The van der Waals surface area contributed by atoms with Crippen molar-refractivity contribution in [1.29, 1.82) is 0 Å². The molecule has 2 rings (SSSR count). The van der Waals surface area contributed by atoms with E-state index in [2.05, 4.69) is 4.98 Å². The molecule has 0 atom stereocenters. The van der Waals surface area contributed by atoms with Crippen LogP contribution in [0.3, 0.4) is 0 Å². The van der Waals surface area contributed by atoms with Crippen molar-refractivity contribution in [2.45, 2.75) is 6.42 Å². The minimum Gasteiger partial charge on any atom is -0.497 e. The fraction of sp³-hybridized carbons (Fsp3) is 0.267. The van der Waals surface area contributed by atoms with Crippen LogP contribution in [0.2, 0.25) is 0 Å². The smallest absolute Gasteiger partial charge is 0.169 e. The Balaban J connectivity index is 2.41. The van der Waals surface area contributed by atoms with Gasteiger partial charge in [-0.15, -0.1) is 0 Å². The van der Waals surface area contributed by atoms with E-state index in [0.717, 1.165) is 12.3 Å². The number of benzene rings is 1. The van der Waals surface area contributed by atoms with Gasteiger partial charge in [0.05, 0.1) is 13.3 Å². The molecule has 0 aliphatic carbocycles. The number of methoxy groups -OCH3 is 1. The summed E-state index contributed by atoms with van der Waals surface area (Å²) in [4.78, 5) is 5.51. The van der Waals surface area contributed by atoms with Crippen LogP contribution in [0.5, 0.6) is 5.75 Å². The third-order valence-corrected chi connectivity index (χ3v) is 2.99. The van der Waals surface area contributed by atoms with E-state index >= 15 is 0 Å². The minimum absolute atomic E-state index is 0.0677. The molecule has 4 nitrogen and oxygen atoms in total. The van der Waals surface area contributed by atoms with Gasteiger partial charge in [-0.2, -0.15) is 0 Å². The summed E-state index contributed by atoms with van der Waals surface area (Å²) in [5, 5.41) is 0. The summed E-state index contributed by atoms with van der Waals surface area (Å²) < 4.78 is 32.2. The van der Waals surface area contributed by atoms with Crippen LogP contribution in [0.4, 0.5) is 20.3 Å². The average Bonchev–Trinajstić information content (AvgIpc) is 2.49. The first-order valence-electron chi connectivity index (χ1n) is 6.58. The van der Waals surface area contributed by atoms with Crippen molar-refractivity contribution in [2.75, 3.05) is 25.1 Å². The Labute approximate surface area is 122 Å². The van der Waals surface area contributed by atoms with Crippen molar-refractivity contribution in [1.82, 2.24) is 4.98 Å². The maximum Gasteiger partial charge on any atom is 0.169 e. The van der Waals surface area contributed by atoms with Gasteiger partial charge in [0.25, 0.3) is 0 Å². The maximum atomic E-state index is 14.0. The molecule has 0 spiro atoms. The van der Waals surface area contributed by atoms with E-state index in [1.54, 1.807) is 30.2 Å². The Hall–Kier alpha value is -2.21. The van der Waals surface area contributed by atoms with Crippen LogP contribution in [-0.4, -0.2) is 25.2 Å². The molecule has 0 fully saturated rings. The van der Waals surface area contributed by atoms with Crippen molar-refractivity contribution in [2.24, 2.45) is 5.73 Å². The number of pyridine rings is 1. The zero-order valence-electron chi connectivity index (χ0n) is 11.7. The highest BCUT2D eigenvalue weighted by molar-refractivity contribution is 5.62. The highest BCUT2D eigenvalue weighted by Crippen LogP contribution is 2.29. The fourth-order valence-electron chi connectivity index (χ4n) is 1.99. The van der Waals surface area contributed by atoms with Gasteiger partial charge in [0.1, 0.15) is 11.6 Å². The molecular formula is C15H17F2N3O. The van der Waals surface area contributed by atoms with Gasteiger partial charge in [0.15, 0.2) is 11.6 Å². The minimum atomic E-state index is -0.713. The lowest BCUT2D eigenvalue weighted by Crippen LogP contribution is -2.23. The topological polar surface area (TPSA) is 51.4 Å². The highest BCUT2D eigenvalue weighted by atomic mass is 19.1. The molecule has 0 unspecified atom stereocenters. The molecule has 0 saturated carbocycles. The number of aromatic nitrogens is 1. The first-order valence-corrected chi connectivity index (χ1v) is 6.58. The van der Waals surface area contributed by atoms with Gasteiger partial charge in [0.2, 0.25) is 0 Å². The summed E-state index contributed by atoms with van der Waals surface area (Å²) in [7, 11) is 1.56. The molecule has 0 radical (unpaired) electrons. The van der Waals surface area contributed by atoms with Crippen molar-refractivity contribution in [3.63, 3.8) is 0 Å². The molecule has 0 aliphatic rings. The van der Waals surface area contributed by atoms with Crippen molar-refractivity contribution >= 4 is 11.5 Å². The van der Waals surface area contributed by atoms with Crippen LogP contribution in [0.15, 0.2) is 36.5 Å². The van der Waals surface area contributed by atoms with Crippen LogP contribution in [0.25, 0.3) is 0 Å². The number of hydrogen-bond acceptors (Lipinski definition) is 4. The Morgan fingerprint density at radius 1 is 1.29 bits per heavy atom. The van der Waals surface area contributed by atoms with Gasteiger partial charge in [0, 0.05) is 24.4 Å². The van der Waals surface area contributed by atoms with Gasteiger partial charge in [-0.3, -0.25) is 0 Å². The van der Waals surface area contributed by atoms with Gasteiger partial charge in [-0.05, 0) is 25.1 Å². The molecule has 21 heavy (non-hydrogen) atoms. The van der Waals surface area contributed by atoms with Gasteiger partial charge < -0.3 is 15.4 Å². The van der Waals surface area contributed by atoms with Gasteiger partial charge in [-0.25, -0.2) is 13.8 Å². The van der Waals surface area contributed by atoms with Crippen molar-refractivity contribution in [3.8, 4) is 5.75 Å². The van der Waals surface area contributed by atoms with E-state index in [0.29, 0.717) is 30.9 Å². The number of nitrogens with zero attached hydrogens (tertiary/aromatic N) is 2. The standard InChI is InChI=1S/C15H17F2N3O/c1-21-13-5-2-4-12(9-13)20(7-3-6-18)15-14(17)8-11(16)10-19-15/h2,4-5,8-10H,3,6-7,18H2,1H3.